The van der Waals surface area contributed by atoms with Gasteiger partial charge in [-0.25, -0.2) is 19.7 Å². The molecule has 1 N–H and O–H groups in total. The van der Waals surface area contributed by atoms with Crippen LogP contribution in [0.2, 0.25) is 0 Å². The number of rotatable bonds is 18. The Morgan fingerprint density at radius 3 is 2.21 bits per heavy atom. The number of sulfone groups is 1. The average molecular weight is 565 g/mol. The van der Waals surface area contributed by atoms with Crippen molar-refractivity contribution in [3.8, 4) is 0 Å². The number of unbranched alkanes of at least 4 members (excludes halogenated alkanes) is 3. The van der Waals surface area contributed by atoms with E-state index in [0.29, 0.717) is 43.3 Å². The summed E-state index contributed by atoms with van der Waals surface area (Å²) >= 11 is 0. The molecule has 0 aliphatic rings. The van der Waals surface area contributed by atoms with Gasteiger partial charge in [-0.05, 0) is 59.2 Å². The van der Waals surface area contributed by atoms with Crippen molar-refractivity contribution >= 4 is 34.8 Å². The third-order valence-corrected chi connectivity index (χ3v) is 9.79. The van der Waals surface area contributed by atoms with E-state index >= 15 is 0 Å². The summed E-state index contributed by atoms with van der Waals surface area (Å²) in [5.41, 5.74) is 1.00. The second-order valence-electron chi connectivity index (χ2n) is 10.0. The summed E-state index contributed by atoms with van der Waals surface area (Å²) in [6.07, 6.45) is 3.80. The molecule has 1 atom stereocenters. The summed E-state index contributed by atoms with van der Waals surface area (Å²) in [5, 5.41) is 4.82. The van der Waals surface area contributed by atoms with E-state index in [2.05, 4.69) is 42.5 Å². The number of anilines is 1. The monoisotopic (exact) mass is 564 g/mol. The predicted molar refractivity (Wildman–Crippen MR) is 159 cm³/mol. The van der Waals surface area contributed by atoms with Gasteiger partial charge in [-0.2, -0.15) is 0 Å². The molecule has 10 heteroatoms. The first-order valence-corrected chi connectivity index (χ1v) is 16.2. The summed E-state index contributed by atoms with van der Waals surface area (Å²) in [7, 11) is -0.730. The maximum absolute atomic E-state index is 13.1. The Bertz CT molecular complexity index is 1130. The van der Waals surface area contributed by atoms with Gasteiger partial charge in [0.25, 0.3) is 8.53 Å². The van der Waals surface area contributed by atoms with E-state index in [-0.39, 0.29) is 5.88 Å². The molecule has 38 heavy (non-hydrogen) atoms. The molecule has 0 heterocycles. The lowest BCUT2D eigenvalue weighted by atomic mass is 10.1. The number of hydrogen-bond acceptors (Lipinski definition) is 7. The fraction of sp³-hybridized carbons (Fsp3) is 0.607. The van der Waals surface area contributed by atoms with Crippen LogP contribution in [-0.4, -0.2) is 71.4 Å². The molecule has 0 fully saturated rings. The van der Waals surface area contributed by atoms with E-state index in [1.54, 1.807) is 6.07 Å². The second-order valence-corrected chi connectivity index (χ2v) is 13.5. The van der Waals surface area contributed by atoms with E-state index in [1.165, 1.54) is 0 Å². The Kier molecular flexibility index (Phi) is 13.9. The quantitative estimate of drug-likeness (QED) is 0.134. The molecule has 0 aromatic heterocycles. The number of fused-ring (bicyclic) bond motifs is 1. The SMILES string of the molecule is [C-]#[N+]CCOP(OCCCCCCNCS(=O)(=O)c1cccc2c(N(C)C)cccc12)N(C(C)C)C(C)C. The zero-order chi connectivity index (χ0) is 28.1. The average Bonchev–Trinajstić information content (AvgIpc) is 2.86. The molecule has 0 saturated carbocycles. The summed E-state index contributed by atoms with van der Waals surface area (Å²) in [4.78, 5) is 5.74. The zero-order valence-electron chi connectivity index (χ0n) is 23.8. The van der Waals surface area contributed by atoms with Crippen LogP contribution in [0.3, 0.4) is 0 Å². The lowest BCUT2D eigenvalue weighted by molar-refractivity contribution is 0.176. The molecule has 212 valence electrons. The van der Waals surface area contributed by atoms with Gasteiger partial charge >= 0.3 is 0 Å². The van der Waals surface area contributed by atoms with Gasteiger partial charge in [-0.3, -0.25) is 0 Å². The highest BCUT2D eigenvalue weighted by molar-refractivity contribution is 7.91. The minimum Gasteiger partial charge on any atom is -0.377 e. The molecule has 0 amide bonds. The topological polar surface area (TPSA) is 75.5 Å². The molecule has 0 aliphatic heterocycles. The summed E-state index contributed by atoms with van der Waals surface area (Å²) in [5.74, 6) is -0.0755. The maximum atomic E-state index is 13.1. The highest BCUT2D eigenvalue weighted by Gasteiger charge is 2.27. The molecule has 0 bridgehead atoms. The lowest BCUT2D eigenvalue weighted by Crippen LogP contribution is -2.33. The zero-order valence-corrected chi connectivity index (χ0v) is 25.5. The van der Waals surface area contributed by atoms with Crippen molar-refractivity contribution in [1.29, 1.82) is 0 Å². The van der Waals surface area contributed by atoms with E-state index in [1.807, 2.05) is 49.3 Å². The van der Waals surface area contributed by atoms with Crippen LogP contribution in [0.4, 0.5) is 5.69 Å². The van der Waals surface area contributed by atoms with Crippen LogP contribution in [0.15, 0.2) is 41.3 Å². The van der Waals surface area contributed by atoms with Crippen molar-refractivity contribution in [3.05, 3.63) is 47.8 Å². The lowest BCUT2D eigenvalue weighted by Gasteiger charge is -2.35. The first kappa shape index (κ1) is 32.4. The Balaban J connectivity index is 1.76. The second kappa shape index (κ2) is 16.3. The fourth-order valence-electron chi connectivity index (χ4n) is 4.37. The number of benzene rings is 2. The minimum absolute atomic E-state index is 0.0755. The van der Waals surface area contributed by atoms with Crippen molar-refractivity contribution in [2.24, 2.45) is 0 Å². The highest BCUT2D eigenvalue weighted by Crippen LogP contribution is 2.45. The molecule has 0 radical (unpaired) electrons. The molecule has 2 aromatic rings. The number of nitrogens with one attached hydrogen (secondary N) is 1. The molecule has 8 nitrogen and oxygen atoms in total. The van der Waals surface area contributed by atoms with Crippen LogP contribution in [0.5, 0.6) is 0 Å². The van der Waals surface area contributed by atoms with Gasteiger partial charge in [0.2, 0.25) is 6.54 Å². The van der Waals surface area contributed by atoms with Crippen LogP contribution in [0, 0.1) is 6.57 Å². The third-order valence-electron chi connectivity index (χ3n) is 6.07. The first-order chi connectivity index (χ1) is 18.1. The van der Waals surface area contributed by atoms with E-state index in [9.17, 15) is 8.42 Å². The normalized spacial score (nSPS) is 12.9. The minimum atomic E-state index is -3.46. The molecule has 0 spiro atoms. The van der Waals surface area contributed by atoms with Gasteiger partial charge in [-0.15, -0.1) is 0 Å². The first-order valence-electron chi connectivity index (χ1n) is 13.4. The van der Waals surface area contributed by atoms with E-state index in [0.717, 1.165) is 42.1 Å². The molecule has 0 aliphatic carbocycles. The summed E-state index contributed by atoms with van der Waals surface area (Å²) < 4.78 is 40.5. The van der Waals surface area contributed by atoms with Gasteiger partial charge in [0.05, 0.1) is 11.5 Å². The molecular formula is C28H45N4O4PS. The largest absolute Gasteiger partial charge is 0.377 e. The van der Waals surface area contributed by atoms with Gasteiger partial charge < -0.3 is 24.1 Å². The highest BCUT2D eigenvalue weighted by atomic mass is 32.2. The predicted octanol–water partition coefficient (Wildman–Crippen LogP) is 6.09. The summed E-state index contributed by atoms with van der Waals surface area (Å²) in [6.45, 7) is 17.5. The standard InChI is InChI=1S/C28H45N4O4PS/c1-23(2)32(24(3)4)37(36-21-19-29-5)35-20-11-9-8-10-18-30-22-38(33,34)28-17-13-14-25-26(28)15-12-16-27(25)31(6)7/h12-17,23-24,30H,8-11,18-22H2,1-4,6-7H3. The van der Waals surface area contributed by atoms with Crippen LogP contribution < -0.4 is 10.2 Å². The Morgan fingerprint density at radius 2 is 1.55 bits per heavy atom. The van der Waals surface area contributed by atoms with Crippen LogP contribution in [0.25, 0.3) is 15.6 Å². The van der Waals surface area contributed by atoms with Crippen molar-refractivity contribution < 1.29 is 17.5 Å². The van der Waals surface area contributed by atoms with Crippen molar-refractivity contribution in [2.45, 2.75) is 70.4 Å². The summed E-state index contributed by atoms with van der Waals surface area (Å²) in [6, 6.07) is 11.8. The van der Waals surface area contributed by atoms with Gasteiger partial charge in [-0.1, -0.05) is 37.1 Å². The van der Waals surface area contributed by atoms with Gasteiger partial charge in [0.15, 0.2) is 9.84 Å². The Hall–Kier alpha value is -1.79. The fourth-order valence-corrected chi connectivity index (χ4v) is 7.35. The number of nitrogens with zero attached hydrogens (tertiary/aromatic N) is 3. The smallest absolute Gasteiger partial charge is 0.259 e. The van der Waals surface area contributed by atoms with Crippen molar-refractivity contribution in [2.75, 3.05) is 51.2 Å². The Morgan fingerprint density at radius 1 is 0.921 bits per heavy atom. The van der Waals surface area contributed by atoms with Crippen molar-refractivity contribution in [3.63, 3.8) is 0 Å². The molecule has 2 rings (SSSR count). The molecule has 0 saturated heterocycles. The van der Waals surface area contributed by atoms with E-state index < -0.39 is 18.4 Å². The molecule has 2 aromatic carbocycles. The van der Waals surface area contributed by atoms with Crippen LogP contribution >= 0.6 is 8.53 Å². The maximum Gasteiger partial charge on any atom is 0.259 e. The van der Waals surface area contributed by atoms with Crippen LogP contribution in [0.1, 0.15) is 53.4 Å². The third kappa shape index (κ3) is 9.75. The Labute approximate surface area is 231 Å². The van der Waals surface area contributed by atoms with Gasteiger partial charge in [0, 0.05) is 42.6 Å². The van der Waals surface area contributed by atoms with Crippen LogP contribution in [-0.2, 0) is 18.9 Å². The van der Waals surface area contributed by atoms with E-state index in [4.69, 9.17) is 15.6 Å². The molecule has 1 unspecified atom stereocenters. The van der Waals surface area contributed by atoms with Gasteiger partial charge in [0.1, 0.15) is 12.5 Å². The van der Waals surface area contributed by atoms with Crippen molar-refractivity contribution in [1.82, 2.24) is 9.99 Å². The molecular weight excluding hydrogens is 519 g/mol. The number of hydrogen-bond donors (Lipinski definition) is 1.